The van der Waals surface area contributed by atoms with E-state index in [9.17, 15) is 14.4 Å². The molecule has 0 saturated carbocycles. The quantitative estimate of drug-likeness (QED) is 0.185. The number of nitrogens with one attached hydrogen (secondary N) is 1. The zero-order valence-electron chi connectivity index (χ0n) is 18.9. The molecular weight excluding hydrogens is 458 g/mol. The molecule has 0 aliphatic heterocycles. The number of hydrogen-bond donors (Lipinski definition) is 1. The number of thioether (sulfide) groups is 1. The third kappa shape index (κ3) is 4.02. The van der Waals surface area contributed by atoms with Gasteiger partial charge < -0.3 is 9.72 Å². The predicted octanol–water partition coefficient (Wildman–Crippen LogP) is 4.76. The molecule has 4 aromatic rings. The van der Waals surface area contributed by atoms with Crippen LogP contribution < -0.4 is 5.56 Å². The second-order valence-corrected chi connectivity index (χ2v) is 9.86. The van der Waals surface area contributed by atoms with E-state index in [1.807, 2.05) is 35.7 Å². The van der Waals surface area contributed by atoms with Gasteiger partial charge in [-0.2, -0.15) is 0 Å². The number of methoxy groups -OCH3 is 1. The van der Waals surface area contributed by atoms with Gasteiger partial charge in [0.2, 0.25) is 0 Å². The number of esters is 1. The number of H-pyrrole nitrogens is 1. The van der Waals surface area contributed by atoms with E-state index in [-0.39, 0.29) is 11.3 Å². The van der Waals surface area contributed by atoms with E-state index in [1.165, 1.54) is 34.8 Å². The van der Waals surface area contributed by atoms with E-state index >= 15 is 0 Å². The standard InChI is InChI=1S/C24H23N3O4S2/c1-12-17(23(30)31-5)13(2)25-19(12)20(28)14(3)33-24-26-21-18(22(29)27(24)4)16(11-32-21)15-9-7-6-8-10-15/h6-11,14,25H,1-5H3. The molecule has 0 saturated heterocycles. The summed E-state index contributed by atoms with van der Waals surface area (Å²) in [5, 5.41) is 2.45. The third-order valence-electron chi connectivity index (χ3n) is 5.58. The monoisotopic (exact) mass is 481 g/mol. The number of nitrogens with zero attached hydrogens (tertiary/aromatic N) is 2. The lowest BCUT2D eigenvalue weighted by atomic mass is 10.1. The third-order valence-corrected chi connectivity index (χ3v) is 7.60. The fourth-order valence-corrected chi connectivity index (χ4v) is 5.73. The van der Waals surface area contributed by atoms with Crippen molar-refractivity contribution in [1.29, 1.82) is 0 Å². The summed E-state index contributed by atoms with van der Waals surface area (Å²) in [4.78, 5) is 46.8. The molecular formula is C24H23N3O4S2. The molecule has 1 unspecified atom stereocenters. The smallest absolute Gasteiger partial charge is 0.339 e. The first-order chi connectivity index (χ1) is 15.7. The van der Waals surface area contributed by atoms with Crippen LogP contribution in [0.25, 0.3) is 21.3 Å². The van der Waals surface area contributed by atoms with Gasteiger partial charge in [0.15, 0.2) is 10.9 Å². The van der Waals surface area contributed by atoms with Gasteiger partial charge in [-0.25, -0.2) is 9.78 Å². The fraction of sp³-hybridized carbons (Fsp3) is 0.250. The Balaban J connectivity index is 1.67. The van der Waals surface area contributed by atoms with Gasteiger partial charge in [-0.15, -0.1) is 11.3 Å². The maximum atomic E-state index is 13.2. The summed E-state index contributed by atoms with van der Waals surface area (Å²) in [6.07, 6.45) is 0. The van der Waals surface area contributed by atoms with Crippen LogP contribution in [0.5, 0.6) is 0 Å². The average Bonchev–Trinajstić information content (AvgIpc) is 3.37. The molecule has 1 atom stereocenters. The summed E-state index contributed by atoms with van der Waals surface area (Å²) in [7, 11) is 2.98. The number of carbonyl (C=O) groups is 2. The Kier molecular flexibility index (Phi) is 6.27. The predicted molar refractivity (Wildman–Crippen MR) is 132 cm³/mol. The molecule has 7 nitrogen and oxygen atoms in total. The number of aryl methyl sites for hydroxylation is 1. The molecule has 3 aromatic heterocycles. The second kappa shape index (κ2) is 8.99. The topological polar surface area (TPSA) is 94.1 Å². The van der Waals surface area contributed by atoms with Gasteiger partial charge in [0.05, 0.1) is 29.0 Å². The van der Waals surface area contributed by atoms with Gasteiger partial charge in [-0.1, -0.05) is 42.1 Å². The highest BCUT2D eigenvalue weighted by molar-refractivity contribution is 8.00. The molecule has 0 amide bonds. The van der Waals surface area contributed by atoms with E-state index in [0.29, 0.717) is 37.9 Å². The first-order valence-electron chi connectivity index (χ1n) is 10.3. The SMILES string of the molecule is COC(=O)c1c(C)[nH]c(C(=O)C(C)Sc2nc3scc(-c4ccccc4)c3c(=O)n2C)c1C. The minimum absolute atomic E-state index is 0.151. The number of fused-ring (bicyclic) bond motifs is 1. The molecule has 3 heterocycles. The molecule has 1 aromatic carbocycles. The number of aromatic amines is 1. The number of aromatic nitrogens is 3. The largest absolute Gasteiger partial charge is 0.465 e. The normalized spacial score (nSPS) is 12.2. The molecule has 0 aliphatic carbocycles. The lowest BCUT2D eigenvalue weighted by Crippen LogP contribution is -2.22. The molecule has 1 N–H and O–H groups in total. The molecule has 4 rings (SSSR count). The summed E-state index contributed by atoms with van der Waals surface area (Å²) in [6, 6.07) is 9.73. The summed E-state index contributed by atoms with van der Waals surface area (Å²) in [5.41, 5.74) is 3.54. The van der Waals surface area contributed by atoms with Crippen molar-refractivity contribution in [1.82, 2.24) is 14.5 Å². The summed E-state index contributed by atoms with van der Waals surface area (Å²) < 4.78 is 6.32. The van der Waals surface area contributed by atoms with Gasteiger partial charge in [-0.05, 0) is 31.9 Å². The van der Waals surface area contributed by atoms with Crippen LogP contribution in [-0.4, -0.2) is 38.6 Å². The zero-order valence-corrected chi connectivity index (χ0v) is 20.5. The Hall–Kier alpha value is -3.17. The van der Waals surface area contributed by atoms with E-state index in [1.54, 1.807) is 27.8 Å². The lowest BCUT2D eigenvalue weighted by Gasteiger charge is -2.12. The fourth-order valence-electron chi connectivity index (χ4n) is 3.81. The van der Waals surface area contributed by atoms with E-state index in [0.717, 1.165) is 11.1 Å². The molecule has 0 spiro atoms. The minimum atomic E-state index is -0.531. The summed E-state index contributed by atoms with van der Waals surface area (Å²) >= 11 is 2.63. The van der Waals surface area contributed by atoms with Crippen LogP contribution in [0.15, 0.2) is 45.7 Å². The van der Waals surface area contributed by atoms with Crippen LogP contribution in [0.4, 0.5) is 0 Å². The van der Waals surface area contributed by atoms with Crippen molar-refractivity contribution >= 4 is 45.1 Å². The molecule has 0 fully saturated rings. The number of thiophene rings is 1. The van der Waals surface area contributed by atoms with Gasteiger partial charge in [0.25, 0.3) is 5.56 Å². The van der Waals surface area contributed by atoms with Crippen molar-refractivity contribution in [3.8, 4) is 11.1 Å². The van der Waals surface area contributed by atoms with Gasteiger partial charge in [-0.3, -0.25) is 14.2 Å². The first-order valence-corrected chi connectivity index (χ1v) is 12.0. The van der Waals surface area contributed by atoms with Crippen molar-refractivity contribution in [2.75, 3.05) is 7.11 Å². The Labute approximate surface area is 198 Å². The number of ether oxygens (including phenoxy) is 1. The molecule has 170 valence electrons. The van der Waals surface area contributed by atoms with Crippen LogP contribution in [0, 0.1) is 13.8 Å². The highest BCUT2D eigenvalue weighted by Gasteiger charge is 2.27. The number of hydrogen-bond acceptors (Lipinski definition) is 7. The van der Waals surface area contributed by atoms with E-state index < -0.39 is 11.2 Å². The van der Waals surface area contributed by atoms with Gasteiger partial charge in [0.1, 0.15) is 4.83 Å². The number of benzene rings is 1. The summed E-state index contributed by atoms with van der Waals surface area (Å²) in [6.45, 7) is 5.21. The Morgan fingerprint density at radius 2 is 1.91 bits per heavy atom. The van der Waals surface area contributed by atoms with Gasteiger partial charge >= 0.3 is 5.97 Å². The maximum Gasteiger partial charge on any atom is 0.339 e. The molecule has 0 bridgehead atoms. The Bertz CT molecular complexity index is 1430. The number of carbonyl (C=O) groups excluding carboxylic acids is 2. The van der Waals surface area contributed by atoms with Crippen molar-refractivity contribution < 1.29 is 14.3 Å². The van der Waals surface area contributed by atoms with Crippen LogP contribution in [0.1, 0.15) is 39.0 Å². The highest BCUT2D eigenvalue weighted by Crippen LogP contribution is 2.33. The van der Waals surface area contributed by atoms with Crippen LogP contribution in [0.2, 0.25) is 0 Å². The van der Waals surface area contributed by atoms with Gasteiger partial charge in [0, 0.05) is 23.7 Å². The number of ketones is 1. The number of Topliss-reactive ketones (excluding diaryl/α,β-unsaturated/α-hetero) is 1. The first kappa shape index (κ1) is 23.0. The van der Waals surface area contributed by atoms with E-state index in [2.05, 4.69) is 4.98 Å². The van der Waals surface area contributed by atoms with Crippen molar-refractivity contribution in [3.05, 3.63) is 68.6 Å². The average molecular weight is 482 g/mol. The Morgan fingerprint density at radius 3 is 2.58 bits per heavy atom. The highest BCUT2D eigenvalue weighted by atomic mass is 32.2. The van der Waals surface area contributed by atoms with Crippen molar-refractivity contribution in [2.24, 2.45) is 7.05 Å². The molecule has 0 radical (unpaired) electrons. The maximum absolute atomic E-state index is 13.2. The summed E-state index contributed by atoms with van der Waals surface area (Å²) in [5.74, 6) is -0.664. The lowest BCUT2D eigenvalue weighted by molar-refractivity contribution is 0.0599. The molecule has 9 heteroatoms. The number of rotatable bonds is 6. The minimum Gasteiger partial charge on any atom is -0.465 e. The van der Waals surface area contributed by atoms with Crippen LogP contribution in [0.3, 0.4) is 0 Å². The van der Waals surface area contributed by atoms with E-state index in [4.69, 9.17) is 9.72 Å². The van der Waals surface area contributed by atoms with Crippen molar-refractivity contribution in [2.45, 2.75) is 31.2 Å². The Morgan fingerprint density at radius 1 is 1.21 bits per heavy atom. The van der Waals surface area contributed by atoms with Crippen molar-refractivity contribution in [3.63, 3.8) is 0 Å². The second-order valence-electron chi connectivity index (χ2n) is 7.70. The van der Waals surface area contributed by atoms with Crippen LogP contribution in [-0.2, 0) is 11.8 Å². The molecule has 0 aliphatic rings. The zero-order chi connectivity index (χ0) is 23.9. The van der Waals surface area contributed by atoms with Crippen LogP contribution >= 0.6 is 23.1 Å². The molecule has 33 heavy (non-hydrogen) atoms.